The van der Waals surface area contributed by atoms with E-state index in [1.807, 2.05) is 6.08 Å². The minimum absolute atomic E-state index is 0.709. The number of nitrogens with zero attached hydrogens (tertiary/aromatic N) is 1. The lowest BCUT2D eigenvalue weighted by molar-refractivity contribution is 0.264. The molecule has 0 aliphatic heterocycles. The van der Waals surface area contributed by atoms with Gasteiger partial charge in [-0.1, -0.05) is 19.4 Å². The van der Waals surface area contributed by atoms with Crippen molar-refractivity contribution in [3.8, 4) is 0 Å². The van der Waals surface area contributed by atoms with E-state index in [1.165, 1.54) is 32.2 Å². The van der Waals surface area contributed by atoms with Gasteiger partial charge in [0, 0.05) is 12.6 Å². The fourth-order valence-corrected chi connectivity index (χ4v) is 1.87. The minimum atomic E-state index is 0.709. The first-order chi connectivity index (χ1) is 6.81. The van der Waals surface area contributed by atoms with E-state index in [-0.39, 0.29) is 0 Å². The van der Waals surface area contributed by atoms with Crippen molar-refractivity contribution in [2.45, 2.75) is 38.6 Å². The zero-order chi connectivity index (χ0) is 10.4. The average molecular weight is 196 g/mol. The van der Waals surface area contributed by atoms with Crippen molar-refractivity contribution in [2.75, 3.05) is 19.6 Å². The van der Waals surface area contributed by atoms with E-state index in [0.717, 1.165) is 19.1 Å². The van der Waals surface area contributed by atoms with Crippen LogP contribution in [0.1, 0.15) is 32.6 Å². The maximum absolute atomic E-state index is 5.70. The Hall–Kier alpha value is -0.340. The summed E-state index contributed by atoms with van der Waals surface area (Å²) in [4.78, 5) is 2.55. The average Bonchev–Trinajstić information content (AvgIpc) is 3.01. The molecule has 2 nitrogen and oxygen atoms in total. The normalized spacial score (nSPS) is 18.5. The Kier molecular flexibility index (Phi) is 5.20. The Bertz CT molecular complexity index is 160. The summed E-state index contributed by atoms with van der Waals surface area (Å²) in [6, 6.07) is 0.850. The molecular weight excluding hydrogens is 172 g/mol. The summed E-state index contributed by atoms with van der Waals surface area (Å²) in [5, 5.41) is 0. The van der Waals surface area contributed by atoms with Gasteiger partial charge in [-0.15, -0.1) is 6.58 Å². The maximum Gasteiger partial charge on any atom is 0.0163 e. The molecule has 0 aromatic heterocycles. The highest BCUT2D eigenvalue weighted by Gasteiger charge is 2.27. The quantitative estimate of drug-likeness (QED) is 0.602. The highest BCUT2D eigenvalue weighted by molar-refractivity contribution is 4.88. The van der Waals surface area contributed by atoms with Gasteiger partial charge in [-0.3, -0.25) is 4.90 Å². The molecule has 0 bridgehead atoms. The molecule has 0 saturated heterocycles. The van der Waals surface area contributed by atoms with Gasteiger partial charge in [0.25, 0.3) is 0 Å². The molecule has 1 fully saturated rings. The molecule has 14 heavy (non-hydrogen) atoms. The van der Waals surface area contributed by atoms with Crippen molar-refractivity contribution in [1.82, 2.24) is 4.90 Å². The Morgan fingerprint density at radius 3 is 2.71 bits per heavy atom. The Balaban J connectivity index is 2.21. The maximum atomic E-state index is 5.70. The molecule has 2 heteroatoms. The van der Waals surface area contributed by atoms with Gasteiger partial charge < -0.3 is 5.73 Å². The summed E-state index contributed by atoms with van der Waals surface area (Å²) in [5.41, 5.74) is 5.70. The molecule has 1 saturated carbocycles. The molecule has 1 aliphatic rings. The summed E-state index contributed by atoms with van der Waals surface area (Å²) in [5.74, 6) is 0.709. The van der Waals surface area contributed by atoms with Crippen LogP contribution in [0.4, 0.5) is 0 Å². The van der Waals surface area contributed by atoms with Crippen LogP contribution in [0.2, 0.25) is 0 Å². The summed E-state index contributed by atoms with van der Waals surface area (Å²) in [6.07, 6.45) is 7.24. The van der Waals surface area contributed by atoms with Crippen LogP contribution in [0.25, 0.3) is 0 Å². The fourth-order valence-electron chi connectivity index (χ4n) is 1.87. The van der Waals surface area contributed by atoms with Gasteiger partial charge in [0.15, 0.2) is 0 Å². The second kappa shape index (κ2) is 6.20. The highest BCUT2D eigenvalue weighted by atomic mass is 15.2. The van der Waals surface area contributed by atoms with Crippen LogP contribution >= 0.6 is 0 Å². The van der Waals surface area contributed by atoms with Crippen molar-refractivity contribution in [1.29, 1.82) is 0 Å². The number of hydrogen-bond acceptors (Lipinski definition) is 2. The Labute approximate surface area is 88.2 Å². The zero-order valence-electron chi connectivity index (χ0n) is 9.41. The fraction of sp³-hybridized carbons (Fsp3) is 0.833. The number of nitrogens with two attached hydrogens (primary N) is 1. The first kappa shape index (κ1) is 11.7. The molecule has 1 rings (SSSR count). The third kappa shape index (κ3) is 3.81. The van der Waals surface area contributed by atoms with Crippen LogP contribution in [0.15, 0.2) is 12.7 Å². The number of hydrogen-bond donors (Lipinski definition) is 1. The van der Waals surface area contributed by atoms with E-state index in [1.54, 1.807) is 0 Å². The second-order valence-electron chi connectivity index (χ2n) is 4.31. The highest BCUT2D eigenvalue weighted by Crippen LogP contribution is 2.27. The molecule has 1 unspecified atom stereocenters. The predicted octanol–water partition coefficient (Wildman–Crippen LogP) is 2.01. The van der Waals surface area contributed by atoms with Gasteiger partial charge in [-0.25, -0.2) is 0 Å². The molecule has 0 amide bonds. The van der Waals surface area contributed by atoms with Crippen molar-refractivity contribution < 1.29 is 0 Å². The van der Waals surface area contributed by atoms with E-state index in [2.05, 4.69) is 18.4 Å². The third-order valence-corrected chi connectivity index (χ3v) is 3.16. The van der Waals surface area contributed by atoms with Crippen LogP contribution in [0.5, 0.6) is 0 Å². The van der Waals surface area contributed by atoms with Gasteiger partial charge >= 0.3 is 0 Å². The molecule has 1 atom stereocenters. The van der Waals surface area contributed by atoms with E-state index in [9.17, 15) is 0 Å². The molecular formula is C12H24N2. The largest absolute Gasteiger partial charge is 0.330 e. The SMILES string of the molecule is C=CCN(CCC(CC)CN)C1CC1. The van der Waals surface area contributed by atoms with Crippen LogP contribution in [-0.4, -0.2) is 30.6 Å². The molecule has 1 aliphatic carbocycles. The van der Waals surface area contributed by atoms with Crippen molar-refractivity contribution in [3.05, 3.63) is 12.7 Å². The van der Waals surface area contributed by atoms with Crippen molar-refractivity contribution in [3.63, 3.8) is 0 Å². The summed E-state index contributed by atoms with van der Waals surface area (Å²) in [7, 11) is 0. The first-order valence-corrected chi connectivity index (χ1v) is 5.86. The molecule has 0 spiro atoms. The smallest absolute Gasteiger partial charge is 0.0163 e. The summed E-state index contributed by atoms with van der Waals surface area (Å²) >= 11 is 0. The standard InChI is InChI=1S/C12H24N2/c1-3-8-14(12-5-6-12)9-7-11(4-2)10-13/h3,11-12H,1,4-10,13H2,2H3. The lowest BCUT2D eigenvalue weighted by Gasteiger charge is -2.22. The van der Waals surface area contributed by atoms with E-state index >= 15 is 0 Å². The van der Waals surface area contributed by atoms with Crippen LogP contribution in [-0.2, 0) is 0 Å². The lowest BCUT2D eigenvalue weighted by atomic mass is 10.0. The molecule has 0 radical (unpaired) electrons. The summed E-state index contributed by atoms with van der Waals surface area (Å²) in [6.45, 7) is 9.12. The van der Waals surface area contributed by atoms with E-state index in [0.29, 0.717) is 5.92 Å². The van der Waals surface area contributed by atoms with Gasteiger partial charge in [0.2, 0.25) is 0 Å². The Morgan fingerprint density at radius 1 is 1.57 bits per heavy atom. The summed E-state index contributed by atoms with van der Waals surface area (Å²) < 4.78 is 0. The van der Waals surface area contributed by atoms with Gasteiger partial charge in [0.05, 0.1) is 0 Å². The van der Waals surface area contributed by atoms with E-state index < -0.39 is 0 Å². The van der Waals surface area contributed by atoms with Gasteiger partial charge in [0.1, 0.15) is 0 Å². The zero-order valence-corrected chi connectivity index (χ0v) is 9.41. The second-order valence-corrected chi connectivity index (χ2v) is 4.31. The van der Waals surface area contributed by atoms with Crippen molar-refractivity contribution in [2.24, 2.45) is 11.7 Å². The number of rotatable bonds is 8. The molecule has 0 aromatic carbocycles. The molecule has 82 valence electrons. The monoisotopic (exact) mass is 196 g/mol. The topological polar surface area (TPSA) is 29.3 Å². The lowest BCUT2D eigenvalue weighted by Crippen LogP contribution is -2.29. The van der Waals surface area contributed by atoms with Crippen LogP contribution in [0, 0.1) is 5.92 Å². The van der Waals surface area contributed by atoms with Crippen molar-refractivity contribution >= 4 is 0 Å². The molecule has 0 aromatic rings. The van der Waals surface area contributed by atoms with Crippen LogP contribution in [0.3, 0.4) is 0 Å². The minimum Gasteiger partial charge on any atom is -0.330 e. The Morgan fingerprint density at radius 2 is 2.29 bits per heavy atom. The van der Waals surface area contributed by atoms with Crippen LogP contribution < -0.4 is 5.73 Å². The van der Waals surface area contributed by atoms with E-state index in [4.69, 9.17) is 5.73 Å². The molecule has 2 N–H and O–H groups in total. The predicted molar refractivity (Wildman–Crippen MR) is 62.2 cm³/mol. The van der Waals surface area contributed by atoms with Gasteiger partial charge in [-0.05, 0) is 38.3 Å². The third-order valence-electron chi connectivity index (χ3n) is 3.16. The molecule has 0 heterocycles. The van der Waals surface area contributed by atoms with Gasteiger partial charge in [-0.2, -0.15) is 0 Å². The first-order valence-electron chi connectivity index (χ1n) is 5.86.